The average Bonchev–Trinajstić information content (AvgIpc) is 2.66. The largest absolute Gasteiger partial charge is 0.505 e. The maximum Gasteiger partial charge on any atom is 0.259 e. The number of aromatic amines is 1. The van der Waals surface area contributed by atoms with Gasteiger partial charge in [0.25, 0.3) is 5.56 Å². The van der Waals surface area contributed by atoms with E-state index in [0.29, 0.717) is 9.86 Å². The Morgan fingerprint density at radius 3 is 2.04 bits per heavy atom. The molecule has 0 aliphatic carbocycles. The molecule has 3 aromatic carbocycles. The second kappa shape index (κ2) is 6.18. The number of fused-ring (bicyclic) bond motifs is 1. The number of H-pyrrole nitrogens is 1. The van der Waals surface area contributed by atoms with Crippen molar-refractivity contribution < 1.29 is 5.11 Å². The first-order valence-corrected chi connectivity index (χ1v) is 8.50. The third kappa shape index (κ3) is 2.53. The molecule has 0 aliphatic heterocycles. The van der Waals surface area contributed by atoms with Crippen molar-refractivity contribution in [3.63, 3.8) is 0 Å². The standard InChI is InChI=1S/C20H13BrN2O2/c21-17-15(13-9-5-2-6-10-13)14(12-7-3-1-4-8-12)16-18(19(17)24)22-11-23-20(16)25/h1-11,24H,(H,22,23,25). The minimum atomic E-state index is -0.288. The van der Waals surface area contributed by atoms with Crippen LogP contribution in [-0.4, -0.2) is 15.1 Å². The number of aromatic nitrogens is 2. The van der Waals surface area contributed by atoms with Gasteiger partial charge in [-0.3, -0.25) is 4.79 Å². The maximum absolute atomic E-state index is 12.6. The lowest BCUT2D eigenvalue weighted by atomic mass is 9.91. The molecule has 4 rings (SSSR count). The number of phenolic OH excluding ortho intramolecular Hbond substituents is 1. The first-order valence-electron chi connectivity index (χ1n) is 7.71. The fraction of sp³-hybridized carbons (Fsp3) is 0. The summed E-state index contributed by atoms with van der Waals surface area (Å²) in [6, 6.07) is 19.3. The van der Waals surface area contributed by atoms with Gasteiger partial charge < -0.3 is 10.1 Å². The summed E-state index contributed by atoms with van der Waals surface area (Å²) >= 11 is 3.51. The quantitative estimate of drug-likeness (QED) is 0.518. The molecule has 0 unspecified atom stereocenters. The average molecular weight is 393 g/mol. The molecular formula is C20H13BrN2O2. The molecule has 4 nitrogen and oxygen atoms in total. The van der Waals surface area contributed by atoms with E-state index < -0.39 is 0 Å². The van der Waals surface area contributed by atoms with Crippen LogP contribution < -0.4 is 5.56 Å². The van der Waals surface area contributed by atoms with Gasteiger partial charge in [0.15, 0.2) is 5.75 Å². The van der Waals surface area contributed by atoms with E-state index in [1.54, 1.807) is 0 Å². The van der Waals surface area contributed by atoms with Gasteiger partial charge in [-0.05, 0) is 27.1 Å². The van der Waals surface area contributed by atoms with Crippen molar-refractivity contribution in [2.75, 3.05) is 0 Å². The molecule has 0 saturated heterocycles. The molecule has 0 radical (unpaired) electrons. The molecule has 4 aromatic rings. The number of phenols is 1. The highest BCUT2D eigenvalue weighted by atomic mass is 79.9. The van der Waals surface area contributed by atoms with E-state index in [4.69, 9.17) is 0 Å². The Bertz CT molecular complexity index is 1120. The number of benzene rings is 3. The van der Waals surface area contributed by atoms with Gasteiger partial charge in [0.1, 0.15) is 5.52 Å². The number of nitrogens with zero attached hydrogens (tertiary/aromatic N) is 1. The Morgan fingerprint density at radius 1 is 0.880 bits per heavy atom. The van der Waals surface area contributed by atoms with Crippen LogP contribution in [0.25, 0.3) is 33.2 Å². The smallest absolute Gasteiger partial charge is 0.259 e. The van der Waals surface area contributed by atoms with E-state index in [9.17, 15) is 9.90 Å². The minimum absolute atomic E-state index is 0.0420. The monoisotopic (exact) mass is 392 g/mol. The van der Waals surface area contributed by atoms with Gasteiger partial charge in [-0.2, -0.15) is 0 Å². The molecule has 122 valence electrons. The molecule has 0 atom stereocenters. The summed E-state index contributed by atoms with van der Waals surface area (Å²) < 4.78 is 0.517. The summed E-state index contributed by atoms with van der Waals surface area (Å²) in [5.74, 6) is -0.0420. The number of rotatable bonds is 2. The number of halogens is 1. The molecule has 1 aromatic heterocycles. The number of hydrogen-bond acceptors (Lipinski definition) is 3. The summed E-state index contributed by atoms with van der Waals surface area (Å²) in [6.07, 6.45) is 1.30. The zero-order valence-electron chi connectivity index (χ0n) is 13.0. The Kier molecular flexibility index (Phi) is 3.86. The first kappa shape index (κ1) is 15.6. The normalized spacial score (nSPS) is 10.9. The topological polar surface area (TPSA) is 66.0 Å². The predicted molar refractivity (Wildman–Crippen MR) is 103 cm³/mol. The van der Waals surface area contributed by atoms with Crippen LogP contribution >= 0.6 is 15.9 Å². The second-order valence-electron chi connectivity index (χ2n) is 5.60. The molecule has 0 fully saturated rings. The van der Waals surface area contributed by atoms with Crippen LogP contribution in [0, 0.1) is 0 Å². The molecule has 1 heterocycles. The van der Waals surface area contributed by atoms with E-state index in [-0.39, 0.29) is 16.8 Å². The van der Waals surface area contributed by atoms with E-state index in [1.807, 2.05) is 60.7 Å². The Labute approximate surface area is 151 Å². The lowest BCUT2D eigenvalue weighted by Gasteiger charge is -2.16. The zero-order valence-corrected chi connectivity index (χ0v) is 14.6. The first-order chi connectivity index (χ1) is 12.2. The lowest BCUT2D eigenvalue weighted by molar-refractivity contribution is 0.477. The highest BCUT2D eigenvalue weighted by Gasteiger charge is 2.22. The summed E-state index contributed by atoms with van der Waals surface area (Å²) in [5, 5.41) is 11.0. The van der Waals surface area contributed by atoms with E-state index in [1.165, 1.54) is 6.33 Å². The third-order valence-electron chi connectivity index (χ3n) is 4.13. The summed E-state index contributed by atoms with van der Waals surface area (Å²) in [5.41, 5.74) is 3.26. The second-order valence-corrected chi connectivity index (χ2v) is 6.39. The van der Waals surface area contributed by atoms with Crippen LogP contribution in [0.5, 0.6) is 5.75 Å². The van der Waals surface area contributed by atoms with Crippen LogP contribution in [0.4, 0.5) is 0 Å². The third-order valence-corrected chi connectivity index (χ3v) is 4.90. The van der Waals surface area contributed by atoms with Crippen molar-refractivity contribution >= 4 is 26.8 Å². The fourth-order valence-corrected chi connectivity index (χ4v) is 3.65. The van der Waals surface area contributed by atoms with Crippen molar-refractivity contribution in [1.29, 1.82) is 0 Å². The SMILES string of the molecule is O=c1[nH]cnc2c(O)c(Br)c(-c3ccccc3)c(-c3ccccc3)c12. The van der Waals surface area contributed by atoms with Crippen LogP contribution in [0.3, 0.4) is 0 Å². The van der Waals surface area contributed by atoms with Crippen LogP contribution in [0.15, 0.2) is 76.3 Å². The molecule has 0 aliphatic rings. The van der Waals surface area contributed by atoms with Crippen LogP contribution in [0.2, 0.25) is 0 Å². The fourth-order valence-electron chi connectivity index (χ4n) is 3.04. The summed E-state index contributed by atoms with van der Waals surface area (Å²) in [6.45, 7) is 0. The Morgan fingerprint density at radius 2 is 1.44 bits per heavy atom. The summed E-state index contributed by atoms with van der Waals surface area (Å²) in [4.78, 5) is 19.4. The highest BCUT2D eigenvalue weighted by molar-refractivity contribution is 9.10. The number of nitrogens with one attached hydrogen (secondary N) is 1. The van der Waals surface area contributed by atoms with Gasteiger partial charge in [-0.1, -0.05) is 60.7 Å². The van der Waals surface area contributed by atoms with Gasteiger partial charge in [-0.25, -0.2) is 4.98 Å². The molecule has 2 N–H and O–H groups in total. The zero-order chi connectivity index (χ0) is 17.4. The molecular weight excluding hydrogens is 380 g/mol. The summed E-state index contributed by atoms with van der Waals surface area (Å²) in [7, 11) is 0. The predicted octanol–water partition coefficient (Wildman–Crippen LogP) is 4.73. The van der Waals surface area contributed by atoms with Crippen molar-refractivity contribution in [2.24, 2.45) is 0 Å². The van der Waals surface area contributed by atoms with Gasteiger partial charge >= 0.3 is 0 Å². The number of hydrogen-bond donors (Lipinski definition) is 2. The Hall–Kier alpha value is -2.92. The van der Waals surface area contributed by atoms with Crippen molar-refractivity contribution in [3.05, 3.63) is 81.8 Å². The van der Waals surface area contributed by atoms with E-state index in [2.05, 4.69) is 25.9 Å². The molecule has 0 spiro atoms. The molecule has 0 bridgehead atoms. The van der Waals surface area contributed by atoms with Gasteiger partial charge in [0, 0.05) is 11.1 Å². The minimum Gasteiger partial charge on any atom is -0.505 e. The molecule has 25 heavy (non-hydrogen) atoms. The van der Waals surface area contributed by atoms with E-state index >= 15 is 0 Å². The molecule has 0 amide bonds. The van der Waals surface area contributed by atoms with Crippen molar-refractivity contribution in [1.82, 2.24) is 9.97 Å². The van der Waals surface area contributed by atoms with Crippen LogP contribution in [0.1, 0.15) is 0 Å². The van der Waals surface area contributed by atoms with Gasteiger partial charge in [0.2, 0.25) is 0 Å². The van der Waals surface area contributed by atoms with Gasteiger partial charge in [0.05, 0.1) is 16.2 Å². The van der Waals surface area contributed by atoms with E-state index in [0.717, 1.165) is 22.3 Å². The highest BCUT2D eigenvalue weighted by Crippen LogP contribution is 2.46. The lowest BCUT2D eigenvalue weighted by Crippen LogP contribution is -2.09. The van der Waals surface area contributed by atoms with Gasteiger partial charge in [-0.15, -0.1) is 0 Å². The Balaban J connectivity index is 2.27. The molecule has 0 saturated carbocycles. The maximum atomic E-state index is 12.6. The van der Waals surface area contributed by atoms with Crippen LogP contribution in [-0.2, 0) is 0 Å². The number of aromatic hydroxyl groups is 1. The van der Waals surface area contributed by atoms with Crippen molar-refractivity contribution in [2.45, 2.75) is 0 Å². The van der Waals surface area contributed by atoms with Crippen molar-refractivity contribution in [3.8, 4) is 28.0 Å². The molecule has 5 heteroatoms.